The van der Waals surface area contributed by atoms with Gasteiger partial charge in [0.15, 0.2) is 0 Å². The fraction of sp³-hybridized carbons (Fsp3) is 0.182. The maximum atomic E-state index is 11.5. The number of rotatable bonds is 5. The Hall–Kier alpha value is -2.06. The smallest absolute Gasteiger partial charge is 0.240 e. The van der Waals surface area contributed by atoms with E-state index < -0.39 is 10.0 Å². The lowest BCUT2D eigenvalue weighted by molar-refractivity contribution is 0.598. The first-order valence-electron chi connectivity index (χ1n) is 5.59. The second-order valence-electron chi connectivity index (χ2n) is 4.03. The van der Waals surface area contributed by atoms with Crippen molar-refractivity contribution in [3.05, 3.63) is 36.9 Å². The molecule has 0 bridgehead atoms. The van der Waals surface area contributed by atoms with Crippen LogP contribution in [0.5, 0.6) is 0 Å². The Morgan fingerprint density at radius 3 is 2.79 bits per heavy atom. The molecule has 8 heteroatoms. The molecule has 102 valence electrons. The predicted octanol–water partition coefficient (Wildman–Crippen LogP) is 0.225. The van der Waals surface area contributed by atoms with Gasteiger partial charge in [-0.2, -0.15) is 0 Å². The standard InChI is InChI=1S/C11H15N5O2S/c12-9-1-2-10(11(7-9)19(13,17)18)15-4-6-16-5-3-14-8-16/h1-3,5,7-8,15H,4,6,12H2,(H2,13,17,18). The van der Waals surface area contributed by atoms with E-state index in [2.05, 4.69) is 10.3 Å². The summed E-state index contributed by atoms with van der Waals surface area (Å²) in [5.74, 6) is 0. The van der Waals surface area contributed by atoms with Crippen LogP contribution in [-0.4, -0.2) is 24.5 Å². The Morgan fingerprint density at radius 2 is 2.16 bits per heavy atom. The lowest BCUT2D eigenvalue weighted by atomic mass is 10.3. The van der Waals surface area contributed by atoms with Gasteiger partial charge in [0.2, 0.25) is 10.0 Å². The molecule has 0 aliphatic heterocycles. The molecule has 0 atom stereocenters. The molecule has 0 saturated heterocycles. The predicted molar refractivity (Wildman–Crippen MR) is 72.9 cm³/mol. The van der Waals surface area contributed by atoms with Crippen molar-refractivity contribution in [1.82, 2.24) is 9.55 Å². The molecule has 0 radical (unpaired) electrons. The fourth-order valence-electron chi connectivity index (χ4n) is 1.66. The van der Waals surface area contributed by atoms with Crippen molar-refractivity contribution in [2.75, 3.05) is 17.6 Å². The average molecular weight is 281 g/mol. The monoisotopic (exact) mass is 281 g/mol. The first-order valence-corrected chi connectivity index (χ1v) is 7.13. The minimum atomic E-state index is -3.80. The highest BCUT2D eigenvalue weighted by Gasteiger charge is 2.13. The van der Waals surface area contributed by atoms with Crippen LogP contribution in [0.4, 0.5) is 11.4 Å². The Labute approximate surface area is 111 Å². The van der Waals surface area contributed by atoms with Crippen LogP contribution in [-0.2, 0) is 16.6 Å². The quantitative estimate of drug-likeness (QED) is 0.678. The maximum absolute atomic E-state index is 11.5. The summed E-state index contributed by atoms with van der Waals surface area (Å²) >= 11 is 0. The zero-order chi connectivity index (χ0) is 13.9. The number of hydrogen-bond acceptors (Lipinski definition) is 5. The third-order valence-corrected chi connectivity index (χ3v) is 3.51. The summed E-state index contributed by atoms with van der Waals surface area (Å²) in [6.45, 7) is 1.21. The molecule has 0 spiro atoms. The number of nitrogen functional groups attached to an aromatic ring is 1. The second kappa shape index (κ2) is 5.29. The number of sulfonamides is 1. The number of nitrogens with one attached hydrogen (secondary N) is 1. The van der Waals surface area contributed by atoms with E-state index >= 15 is 0 Å². The maximum Gasteiger partial charge on any atom is 0.240 e. The largest absolute Gasteiger partial charge is 0.399 e. The molecule has 2 rings (SSSR count). The number of nitrogens with zero attached hydrogens (tertiary/aromatic N) is 2. The van der Waals surface area contributed by atoms with Gasteiger partial charge in [-0.05, 0) is 18.2 Å². The third-order valence-electron chi connectivity index (χ3n) is 2.56. The van der Waals surface area contributed by atoms with Crippen LogP contribution in [0.25, 0.3) is 0 Å². The first-order chi connectivity index (χ1) is 8.97. The topological polar surface area (TPSA) is 116 Å². The van der Waals surface area contributed by atoms with Gasteiger partial charge in [0.05, 0.1) is 12.0 Å². The highest BCUT2D eigenvalue weighted by atomic mass is 32.2. The molecule has 1 heterocycles. The lowest BCUT2D eigenvalue weighted by Gasteiger charge is -2.11. The second-order valence-corrected chi connectivity index (χ2v) is 5.56. The zero-order valence-electron chi connectivity index (χ0n) is 10.2. The molecule has 0 aliphatic rings. The number of nitrogens with two attached hydrogens (primary N) is 2. The van der Waals surface area contributed by atoms with Gasteiger partial charge in [-0.3, -0.25) is 0 Å². The summed E-state index contributed by atoms with van der Waals surface area (Å²) in [4.78, 5) is 3.92. The van der Waals surface area contributed by atoms with Crippen molar-refractivity contribution in [1.29, 1.82) is 0 Å². The minimum Gasteiger partial charge on any atom is -0.399 e. The Kier molecular flexibility index (Phi) is 3.72. The van der Waals surface area contributed by atoms with E-state index in [4.69, 9.17) is 10.9 Å². The van der Waals surface area contributed by atoms with Gasteiger partial charge >= 0.3 is 0 Å². The van der Waals surface area contributed by atoms with Crippen LogP contribution in [0.1, 0.15) is 0 Å². The third kappa shape index (κ3) is 3.46. The molecule has 1 aromatic heterocycles. The van der Waals surface area contributed by atoms with Crippen molar-refractivity contribution in [3.8, 4) is 0 Å². The molecule has 2 aromatic rings. The highest BCUT2D eigenvalue weighted by molar-refractivity contribution is 7.89. The molecule has 19 heavy (non-hydrogen) atoms. The van der Waals surface area contributed by atoms with Gasteiger partial charge < -0.3 is 15.6 Å². The number of aromatic nitrogens is 2. The number of benzene rings is 1. The zero-order valence-corrected chi connectivity index (χ0v) is 11.0. The van der Waals surface area contributed by atoms with Crippen molar-refractivity contribution in [3.63, 3.8) is 0 Å². The van der Waals surface area contributed by atoms with Crippen LogP contribution < -0.4 is 16.2 Å². The van der Waals surface area contributed by atoms with E-state index in [1.165, 1.54) is 6.07 Å². The van der Waals surface area contributed by atoms with Gasteiger partial charge in [0, 0.05) is 31.2 Å². The van der Waals surface area contributed by atoms with Gasteiger partial charge in [-0.15, -0.1) is 0 Å². The molecule has 0 unspecified atom stereocenters. The molecule has 0 fully saturated rings. The lowest BCUT2D eigenvalue weighted by Crippen LogP contribution is -2.17. The summed E-state index contributed by atoms with van der Waals surface area (Å²) in [7, 11) is -3.80. The van der Waals surface area contributed by atoms with Crippen LogP contribution in [0, 0.1) is 0 Å². The Bertz CT molecular complexity index is 652. The van der Waals surface area contributed by atoms with Crippen molar-refractivity contribution in [2.24, 2.45) is 5.14 Å². The summed E-state index contributed by atoms with van der Waals surface area (Å²) in [6.07, 6.45) is 5.19. The Morgan fingerprint density at radius 1 is 1.37 bits per heavy atom. The van der Waals surface area contributed by atoms with Gasteiger partial charge in [-0.1, -0.05) is 0 Å². The molecule has 7 nitrogen and oxygen atoms in total. The van der Waals surface area contributed by atoms with E-state index in [9.17, 15) is 8.42 Å². The van der Waals surface area contributed by atoms with Gasteiger partial charge in [-0.25, -0.2) is 18.5 Å². The Balaban J connectivity index is 2.12. The van der Waals surface area contributed by atoms with Gasteiger partial charge in [0.1, 0.15) is 4.90 Å². The molecule has 0 amide bonds. The van der Waals surface area contributed by atoms with Gasteiger partial charge in [0.25, 0.3) is 0 Å². The van der Waals surface area contributed by atoms with E-state index in [1.54, 1.807) is 24.7 Å². The highest BCUT2D eigenvalue weighted by Crippen LogP contribution is 2.22. The number of hydrogen-bond donors (Lipinski definition) is 3. The van der Waals surface area contributed by atoms with Crippen LogP contribution in [0.15, 0.2) is 41.8 Å². The van der Waals surface area contributed by atoms with Crippen molar-refractivity contribution < 1.29 is 8.42 Å². The SMILES string of the molecule is Nc1ccc(NCCn2ccnc2)c(S(N)(=O)=O)c1. The molecule has 5 N–H and O–H groups in total. The van der Waals surface area contributed by atoms with Crippen LogP contribution in [0.3, 0.4) is 0 Å². The summed E-state index contributed by atoms with van der Waals surface area (Å²) in [5.41, 5.74) is 6.36. The molecule has 1 aromatic carbocycles. The minimum absolute atomic E-state index is 0.00173. The summed E-state index contributed by atoms with van der Waals surface area (Å²) < 4.78 is 24.8. The van der Waals surface area contributed by atoms with E-state index in [0.29, 0.717) is 24.5 Å². The molecule has 0 aliphatic carbocycles. The normalized spacial score (nSPS) is 11.4. The van der Waals surface area contributed by atoms with Crippen molar-refractivity contribution in [2.45, 2.75) is 11.4 Å². The average Bonchev–Trinajstić information content (AvgIpc) is 2.83. The molecular formula is C11H15N5O2S. The molecule has 0 saturated carbocycles. The number of imidazole rings is 1. The first kappa shape index (κ1) is 13.4. The van der Waals surface area contributed by atoms with Crippen LogP contribution in [0.2, 0.25) is 0 Å². The molecular weight excluding hydrogens is 266 g/mol. The number of anilines is 2. The summed E-state index contributed by atoms with van der Waals surface area (Å²) in [6, 6.07) is 4.56. The number of primary sulfonamides is 1. The summed E-state index contributed by atoms with van der Waals surface area (Å²) in [5, 5.41) is 8.18. The van der Waals surface area contributed by atoms with E-state index in [-0.39, 0.29) is 4.90 Å². The van der Waals surface area contributed by atoms with E-state index in [1.807, 2.05) is 10.8 Å². The van der Waals surface area contributed by atoms with E-state index in [0.717, 1.165) is 0 Å². The van der Waals surface area contributed by atoms with Crippen molar-refractivity contribution >= 4 is 21.4 Å². The fourth-order valence-corrected chi connectivity index (χ4v) is 2.41. The van der Waals surface area contributed by atoms with Crippen LogP contribution >= 0.6 is 0 Å².